The molecule has 1 aromatic carbocycles. The summed E-state index contributed by atoms with van der Waals surface area (Å²) in [4.78, 5) is 15.0. The normalized spacial score (nSPS) is 16.6. The van der Waals surface area contributed by atoms with E-state index in [1.807, 2.05) is 24.3 Å². The Labute approximate surface area is 126 Å². The van der Waals surface area contributed by atoms with Gasteiger partial charge in [0.15, 0.2) is 6.19 Å². The summed E-state index contributed by atoms with van der Waals surface area (Å²) in [5.74, 6) is 0. The lowest BCUT2D eigenvalue weighted by Crippen LogP contribution is -2.23. The molecule has 0 spiro atoms. The smallest absolute Gasteiger partial charge is 0.414 e. The van der Waals surface area contributed by atoms with Gasteiger partial charge in [0.1, 0.15) is 6.61 Å². The van der Waals surface area contributed by atoms with Crippen LogP contribution in [0.2, 0.25) is 0 Å². The van der Waals surface area contributed by atoms with Crippen molar-refractivity contribution in [3.8, 4) is 17.5 Å². The highest BCUT2D eigenvalue weighted by atomic mass is 16.6. The zero-order chi connectivity index (χ0) is 15.1. The van der Waals surface area contributed by atoms with Gasteiger partial charge in [-0.05, 0) is 12.1 Å². The maximum absolute atomic E-state index is 11.7. The number of H-pyrrole nitrogens is 1. The lowest BCUT2D eigenvalue weighted by molar-refractivity contribution is 0.181. The number of rotatable bonds is 2. The van der Waals surface area contributed by atoms with Gasteiger partial charge in [-0.1, -0.05) is 12.1 Å². The van der Waals surface area contributed by atoms with Crippen molar-refractivity contribution in [1.29, 1.82) is 5.26 Å². The summed E-state index contributed by atoms with van der Waals surface area (Å²) in [6, 6.07) is 7.66. The number of cyclic esters (lactones) is 1. The molecule has 1 saturated heterocycles. The van der Waals surface area contributed by atoms with Crippen molar-refractivity contribution in [2.45, 2.75) is 13.1 Å². The SMILES string of the molecule is N#CN1Cc2[nH]nc(-c3cccc(N4CCOC4=O)c3)c2C1. The summed E-state index contributed by atoms with van der Waals surface area (Å²) in [5.41, 5.74) is 4.58. The van der Waals surface area contributed by atoms with Crippen molar-refractivity contribution in [3.05, 3.63) is 35.5 Å². The first kappa shape index (κ1) is 12.7. The highest BCUT2D eigenvalue weighted by Crippen LogP contribution is 2.32. The molecular weight excluding hydrogens is 282 g/mol. The van der Waals surface area contributed by atoms with Crippen molar-refractivity contribution in [1.82, 2.24) is 15.1 Å². The number of ether oxygens (including phenoxy) is 1. The van der Waals surface area contributed by atoms with E-state index in [2.05, 4.69) is 16.4 Å². The predicted octanol–water partition coefficient (Wildman–Crippen LogP) is 1.83. The van der Waals surface area contributed by atoms with Crippen molar-refractivity contribution >= 4 is 11.8 Å². The summed E-state index contributed by atoms with van der Waals surface area (Å²) in [7, 11) is 0. The van der Waals surface area contributed by atoms with Gasteiger partial charge in [-0.15, -0.1) is 0 Å². The van der Waals surface area contributed by atoms with Crippen molar-refractivity contribution < 1.29 is 9.53 Å². The van der Waals surface area contributed by atoms with Crippen LogP contribution in [0.25, 0.3) is 11.3 Å². The molecule has 7 heteroatoms. The monoisotopic (exact) mass is 295 g/mol. The molecule has 22 heavy (non-hydrogen) atoms. The molecular formula is C15H13N5O2. The minimum absolute atomic E-state index is 0.319. The van der Waals surface area contributed by atoms with Gasteiger partial charge < -0.3 is 9.64 Å². The molecule has 4 rings (SSSR count). The fraction of sp³-hybridized carbons (Fsp3) is 0.267. The van der Waals surface area contributed by atoms with Crippen LogP contribution in [0.1, 0.15) is 11.3 Å². The van der Waals surface area contributed by atoms with E-state index in [0.717, 1.165) is 28.2 Å². The van der Waals surface area contributed by atoms with E-state index in [4.69, 9.17) is 10.00 Å². The molecule has 1 amide bonds. The minimum Gasteiger partial charge on any atom is -0.447 e. The average molecular weight is 295 g/mol. The molecule has 3 heterocycles. The quantitative estimate of drug-likeness (QED) is 0.854. The predicted molar refractivity (Wildman–Crippen MR) is 77.6 cm³/mol. The Morgan fingerprint density at radius 2 is 2.27 bits per heavy atom. The van der Waals surface area contributed by atoms with Gasteiger partial charge >= 0.3 is 6.09 Å². The first-order chi connectivity index (χ1) is 10.8. The van der Waals surface area contributed by atoms with Crippen LogP contribution >= 0.6 is 0 Å². The molecule has 0 aliphatic carbocycles. The molecule has 110 valence electrons. The molecule has 0 unspecified atom stereocenters. The fourth-order valence-electron chi connectivity index (χ4n) is 2.90. The van der Waals surface area contributed by atoms with Gasteiger partial charge in [-0.3, -0.25) is 10.00 Å². The summed E-state index contributed by atoms with van der Waals surface area (Å²) < 4.78 is 4.98. The number of aromatic amines is 1. The highest BCUT2D eigenvalue weighted by molar-refractivity contribution is 5.90. The standard InChI is InChI=1S/C15H13N5O2/c16-9-19-7-12-13(8-19)17-18-14(12)10-2-1-3-11(6-10)20-4-5-22-15(20)21/h1-3,6H,4-5,7-8H2,(H,17,18). The van der Waals surface area contributed by atoms with Crippen LogP contribution in [0.4, 0.5) is 10.5 Å². The molecule has 0 radical (unpaired) electrons. The van der Waals surface area contributed by atoms with Gasteiger partial charge in [-0.2, -0.15) is 10.4 Å². The van der Waals surface area contributed by atoms with E-state index in [-0.39, 0.29) is 6.09 Å². The zero-order valence-corrected chi connectivity index (χ0v) is 11.7. The van der Waals surface area contributed by atoms with Crippen LogP contribution in [-0.2, 0) is 17.8 Å². The number of anilines is 1. The number of nitriles is 1. The lowest BCUT2D eigenvalue weighted by Gasteiger charge is -2.13. The van der Waals surface area contributed by atoms with E-state index in [1.165, 1.54) is 0 Å². The Kier molecular flexibility index (Phi) is 2.76. The number of hydrogen-bond donors (Lipinski definition) is 1. The van der Waals surface area contributed by atoms with E-state index in [9.17, 15) is 4.79 Å². The molecule has 7 nitrogen and oxygen atoms in total. The van der Waals surface area contributed by atoms with Gasteiger partial charge in [0.2, 0.25) is 0 Å². The highest BCUT2D eigenvalue weighted by Gasteiger charge is 2.26. The number of nitrogens with one attached hydrogen (secondary N) is 1. The second-order valence-corrected chi connectivity index (χ2v) is 5.30. The number of fused-ring (bicyclic) bond motifs is 1. The van der Waals surface area contributed by atoms with Gasteiger partial charge in [0, 0.05) is 16.8 Å². The van der Waals surface area contributed by atoms with Crippen LogP contribution in [0, 0.1) is 11.5 Å². The molecule has 0 atom stereocenters. The number of nitrogens with zero attached hydrogens (tertiary/aromatic N) is 4. The third kappa shape index (κ3) is 1.89. The van der Waals surface area contributed by atoms with Crippen LogP contribution < -0.4 is 4.90 Å². The van der Waals surface area contributed by atoms with Crippen molar-refractivity contribution in [3.63, 3.8) is 0 Å². The molecule has 2 aliphatic rings. The molecule has 0 saturated carbocycles. The molecule has 2 aromatic rings. The van der Waals surface area contributed by atoms with Crippen LogP contribution in [0.3, 0.4) is 0 Å². The number of benzene rings is 1. The van der Waals surface area contributed by atoms with Crippen molar-refractivity contribution in [2.75, 3.05) is 18.1 Å². The molecule has 1 aromatic heterocycles. The molecule has 0 bridgehead atoms. The fourth-order valence-corrected chi connectivity index (χ4v) is 2.90. The topological polar surface area (TPSA) is 85.2 Å². The summed E-state index contributed by atoms with van der Waals surface area (Å²) in [6.07, 6.45) is 1.83. The zero-order valence-electron chi connectivity index (χ0n) is 11.7. The molecule has 1 N–H and O–H groups in total. The number of aromatic nitrogens is 2. The Morgan fingerprint density at radius 3 is 3.05 bits per heavy atom. The van der Waals surface area contributed by atoms with E-state index >= 15 is 0 Å². The molecule has 2 aliphatic heterocycles. The third-order valence-electron chi connectivity index (χ3n) is 3.98. The third-order valence-corrected chi connectivity index (χ3v) is 3.98. The Balaban J connectivity index is 1.70. The average Bonchev–Trinajstić information content (AvgIpc) is 3.21. The van der Waals surface area contributed by atoms with E-state index in [1.54, 1.807) is 9.80 Å². The van der Waals surface area contributed by atoms with Crippen LogP contribution in [0.15, 0.2) is 24.3 Å². The Hall–Kier alpha value is -3.01. The van der Waals surface area contributed by atoms with Crippen LogP contribution in [-0.4, -0.2) is 34.3 Å². The summed E-state index contributed by atoms with van der Waals surface area (Å²) in [6.45, 7) is 2.10. The van der Waals surface area contributed by atoms with Gasteiger partial charge in [0.05, 0.1) is 31.0 Å². The van der Waals surface area contributed by atoms with Gasteiger partial charge in [0.25, 0.3) is 0 Å². The number of carbonyl (C=O) groups excluding carboxylic acids is 1. The number of carbonyl (C=O) groups is 1. The molecule has 1 fully saturated rings. The van der Waals surface area contributed by atoms with Gasteiger partial charge in [-0.25, -0.2) is 4.79 Å². The van der Waals surface area contributed by atoms with Crippen molar-refractivity contribution in [2.24, 2.45) is 0 Å². The minimum atomic E-state index is -0.319. The Bertz CT molecular complexity index is 791. The largest absolute Gasteiger partial charge is 0.447 e. The van der Waals surface area contributed by atoms with Crippen LogP contribution in [0.5, 0.6) is 0 Å². The first-order valence-electron chi connectivity index (χ1n) is 7.02. The summed E-state index contributed by atoms with van der Waals surface area (Å²) in [5, 5.41) is 16.4. The second-order valence-electron chi connectivity index (χ2n) is 5.30. The maximum atomic E-state index is 11.7. The lowest BCUT2D eigenvalue weighted by atomic mass is 10.1. The second kappa shape index (κ2) is 4.77. The summed E-state index contributed by atoms with van der Waals surface area (Å²) >= 11 is 0. The maximum Gasteiger partial charge on any atom is 0.414 e. The number of amides is 1. The van der Waals surface area contributed by atoms with E-state index in [0.29, 0.717) is 26.2 Å². The Morgan fingerprint density at radius 1 is 1.36 bits per heavy atom. The van der Waals surface area contributed by atoms with E-state index < -0.39 is 0 Å². The number of hydrogen-bond acceptors (Lipinski definition) is 5. The first-order valence-corrected chi connectivity index (χ1v) is 7.02.